The molecule has 0 fully saturated rings. The largest absolute Gasteiger partial charge is 0.298 e. The minimum absolute atomic E-state index is 0.730. The molecule has 0 N–H and O–H groups in total. The van der Waals surface area contributed by atoms with E-state index in [0.29, 0.717) is 0 Å². The molecule has 1 nitrogen and oxygen atoms in total. The van der Waals surface area contributed by atoms with Gasteiger partial charge in [-0.15, -0.1) is 0 Å². The van der Waals surface area contributed by atoms with Crippen LogP contribution in [0.5, 0.6) is 0 Å². The lowest BCUT2D eigenvalue weighted by Gasteiger charge is -2.07. The lowest BCUT2D eigenvalue weighted by molar-refractivity contribution is 0.112. The fourth-order valence-corrected chi connectivity index (χ4v) is 1.90. The third kappa shape index (κ3) is 2.03. The van der Waals surface area contributed by atoms with Crippen LogP contribution in [0.25, 0.3) is 11.1 Å². The van der Waals surface area contributed by atoms with Crippen LogP contribution in [-0.4, -0.2) is 6.29 Å². The van der Waals surface area contributed by atoms with E-state index in [4.69, 9.17) is 0 Å². The molecule has 80 valence electrons. The van der Waals surface area contributed by atoms with E-state index in [9.17, 15) is 4.79 Å². The summed E-state index contributed by atoms with van der Waals surface area (Å²) in [5.41, 5.74) is 5.50. The fraction of sp³-hybridized carbons (Fsp3) is 0.133. The Kier molecular flexibility index (Phi) is 2.86. The number of aryl methyl sites for hydroxylation is 2. The molecule has 0 radical (unpaired) electrons. The van der Waals surface area contributed by atoms with Gasteiger partial charge in [0.05, 0.1) is 0 Å². The Bertz CT molecular complexity index is 527. The highest BCUT2D eigenvalue weighted by Gasteiger charge is 2.02. The quantitative estimate of drug-likeness (QED) is 0.689. The Hall–Kier alpha value is -1.89. The summed E-state index contributed by atoms with van der Waals surface area (Å²) in [4.78, 5) is 10.7. The normalized spacial score (nSPS) is 10.1. The van der Waals surface area contributed by atoms with Gasteiger partial charge in [0.25, 0.3) is 0 Å². The summed E-state index contributed by atoms with van der Waals surface area (Å²) < 4.78 is 0. The molecule has 0 spiro atoms. The number of benzene rings is 2. The monoisotopic (exact) mass is 210 g/mol. The molecule has 0 aromatic heterocycles. The summed E-state index contributed by atoms with van der Waals surface area (Å²) in [5.74, 6) is 0. The molecule has 0 aliphatic carbocycles. The van der Waals surface area contributed by atoms with Crippen LogP contribution in [0.1, 0.15) is 21.5 Å². The van der Waals surface area contributed by atoms with E-state index >= 15 is 0 Å². The first-order valence-corrected chi connectivity index (χ1v) is 5.33. The van der Waals surface area contributed by atoms with E-state index < -0.39 is 0 Å². The van der Waals surface area contributed by atoms with Crippen molar-refractivity contribution in [2.45, 2.75) is 13.8 Å². The van der Waals surface area contributed by atoms with Gasteiger partial charge in [-0.3, -0.25) is 4.79 Å². The molecule has 0 aliphatic rings. The predicted molar refractivity (Wildman–Crippen MR) is 66.7 cm³/mol. The second-order valence-corrected chi connectivity index (χ2v) is 4.06. The zero-order chi connectivity index (χ0) is 11.5. The lowest BCUT2D eigenvalue weighted by atomic mass is 9.98. The van der Waals surface area contributed by atoms with E-state index in [2.05, 4.69) is 31.2 Å². The maximum absolute atomic E-state index is 10.7. The number of hydrogen-bond acceptors (Lipinski definition) is 1. The van der Waals surface area contributed by atoms with E-state index in [1.165, 1.54) is 16.7 Å². The van der Waals surface area contributed by atoms with Crippen molar-refractivity contribution in [3.63, 3.8) is 0 Å². The molecule has 16 heavy (non-hydrogen) atoms. The topological polar surface area (TPSA) is 17.1 Å². The Balaban J connectivity index is 2.52. The third-order valence-corrected chi connectivity index (χ3v) is 2.72. The highest BCUT2D eigenvalue weighted by Crippen LogP contribution is 2.24. The van der Waals surface area contributed by atoms with Crippen molar-refractivity contribution in [1.82, 2.24) is 0 Å². The van der Waals surface area contributed by atoms with Gasteiger partial charge in [0, 0.05) is 5.56 Å². The van der Waals surface area contributed by atoms with Gasteiger partial charge in [0.1, 0.15) is 6.29 Å². The molecule has 0 saturated heterocycles. The van der Waals surface area contributed by atoms with E-state index in [0.717, 1.165) is 17.4 Å². The summed E-state index contributed by atoms with van der Waals surface area (Å²) in [7, 11) is 0. The zero-order valence-electron chi connectivity index (χ0n) is 9.53. The van der Waals surface area contributed by atoms with Crippen LogP contribution in [-0.2, 0) is 0 Å². The highest BCUT2D eigenvalue weighted by molar-refractivity contribution is 5.78. The summed E-state index contributed by atoms with van der Waals surface area (Å²) in [6.07, 6.45) is 0.882. The van der Waals surface area contributed by atoms with Crippen molar-refractivity contribution < 1.29 is 4.79 Å². The van der Waals surface area contributed by atoms with Crippen molar-refractivity contribution >= 4 is 6.29 Å². The number of hydrogen-bond donors (Lipinski definition) is 0. The van der Waals surface area contributed by atoms with Crippen LogP contribution in [0.15, 0.2) is 42.5 Å². The highest BCUT2D eigenvalue weighted by atomic mass is 16.1. The second-order valence-electron chi connectivity index (χ2n) is 4.06. The van der Waals surface area contributed by atoms with Gasteiger partial charge < -0.3 is 0 Å². The Morgan fingerprint density at radius 1 is 1.00 bits per heavy atom. The molecule has 0 amide bonds. The molecule has 2 rings (SSSR count). The van der Waals surface area contributed by atoms with Crippen LogP contribution in [0.3, 0.4) is 0 Å². The first-order chi connectivity index (χ1) is 7.70. The van der Waals surface area contributed by atoms with Crippen molar-refractivity contribution in [1.29, 1.82) is 0 Å². The van der Waals surface area contributed by atoms with Crippen LogP contribution in [0.2, 0.25) is 0 Å². The minimum atomic E-state index is 0.730. The van der Waals surface area contributed by atoms with Crippen LogP contribution in [0.4, 0.5) is 0 Å². The number of carbonyl (C=O) groups is 1. The van der Waals surface area contributed by atoms with Gasteiger partial charge in [-0.25, -0.2) is 0 Å². The van der Waals surface area contributed by atoms with Gasteiger partial charge >= 0.3 is 0 Å². The molecular weight excluding hydrogens is 196 g/mol. The molecule has 0 atom stereocenters. The molecule has 2 aromatic rings. The molecular formula is C15H14O. The van der Waals surface area contributed by atoms with Crippen molar-refractivity contribution in [3.8, 4) is 11.1 Å². The van der Waals surface area contributed by atoms with Crippen molar-refractivity contribution in [3.05, 3.63) is 59.2 Å². The van der Waals surface area contributed by atoms with Crippen LogP contribution in [0, 0.1) is 13.8 Å². The first kappa shape index (κ1) is 10.6. The third-order valence-electron chi connectivity index (χ3n) is 2.72. The smallest absolute Gasteiger partial charge is 0.150 e. The van der Waals surface area contributed by atoms with Gasteiger partial charge in [0.15, 0.2) is 0 Å². The van der Waals surface area contributed by atoms with Crippen LogP contribution < -0.4 is 0 Å². The van der Waals surface area contributed by atoms with Gasteiger partial charge in [0.2, 0.25) is 0 Å². The zero-order valence-corrected chi connectivity index (χ0v) is 9.53. The molecule has 0 bridgehead atoms. The van der Waals surface area contributed by atoms with Gasteiger partial charge in [-0.2, -0.15) is 0 Å². The first-order valence-electron chi connectivity index (χ1n) is 5.33. The summed E-state index contributed by atoms with van der Waals surface area (Å²) in [5, 5.41) is 0. The summed E-state index contributed by atoms with van der Waals surface area (Å²) >= 11 is 0. The van der Waals surface area contributed by atoms with E-state index in [1.807, 2.05) is 25.1 Å². The van der Waals surface area contributed by atoms with Gasteiger partial charge in [-0.1, -0.05) is 42.0 Å². The standard InChI is InChI=1S/C15H14O/c1-11-4-3-5-14(8-11)15-7-6-13(10-16)9-12(15)2/h3-10H,1-2H3. The minimum Gasteiger partial charge on any atom is -0.298 e. The van der Waals surface area contributed by atoms with E-state index in [-0.39, 0.29) is 0 Å². The molecule has 0 aliphatic heterocycles. The maximum Gasteiger partial charge on any atom is 0.150 e. The average molecular weight is 210 g/mol. The molecule has 1 heteroatoms. The second kappa shape index (κ2) is 4.31. The predicted octanol–water partition coefficient (Wildman–Crippen LogP) is 3.78. The Morgan fingerprint density at radius 2 is 1.81 bits per heavy atom. The van der Waals surface area contributed by atoms with Crippen LogP contribution >= 0.6 is 0 Å². The summed E-state index contributed by atoms with van der Waals surface area (Å²) in [6.45, 7) is 4.11. The summed E-state index contributed by atoms with van der Waals surface area (Å²) in [6, 6.07) is 14.2. The van der Waals surface area contributed by atoms with E-state index in [1.54, 1.807) is 0 Å². The lowest BCUT2D eigenvalue weighted by Crippen LogP contribution is -1.87. The Labute approximate surface area is 95.7 Å². The van der Waals surface area contributed by atoms with Crippen molar-refractivity contribution in [2.75, 3.05) is 0 Å². The number of carbonyl (C=O) groups excluding carboxylic acids is 1. The molecule has 2 aromatic carbocycles. The molecule has 0 heterocycles. The fourth-order valence-electron chi connectivity index (χ4n) is 1.90. The average Bonchev–Trinajstić information content (AvgIpc) is 2.28. The van der Waals surface area contributed by atoms with Crippen molar-refractivity contribution in [2.24, 2.45) is 0 Å². The molecule has 0 unspecified atom stereocenters. The van der Waals surface area contributed by atoms with Gasteiger partial charge in [-0.05, 0) is 36.6 Å². The Morgan fingerprint density at radius 3 is 2.44 bits per heavy atom. The maximum atomic E-state index is 10.7. The molecule has 0 saturated carbocycles. The SMILES string of the molecule is Cc1cccc(-c2ccc(C=O)cc2C)c1. The number of aldehydes is 1. The number of rotatable bonds is 2.